The Morgan fingerprint density at radius 3 is 2.14 bits per heavy atom. The van der Waals surface area contributed by atoms with Crippen LogP contribution in [0.4, 0.5) is 5.82 Å². The monoisotopic (exact) mass is 844 g/mol. The smallest absolute Gasteiger partial charge is 0.387 e. The number of aromatic nitrogens is 3. The number of hydrogen-bond acceptors (Lipinski definition) is 11. The first-order valence-electron chi connectivity index (χ1n) is 20.3. The summed E-state index contributed by atoms with van der Waals surface area (Å²) >= 11 is 12.2. The van der Waals surface area contributed by atoms with Crippen molar-refractivity contribution in [2.45, 2.75) is 153 Å². The number of nitrogen functional groups attached to an aromatic ring is 1. The van der Waals surface area contributed by atoms with Crippen LogP contribution in [0.2, 0.25) is 10.0 Å². The van der Waals surface area contributed by atoms with Crippen LogP contribution in [0.5, 0.6) is 0 Å². The van der Waals surface area contributed by atoms with Gasteiger partial charge in [-0.05, 0) is 43.2 Å². The molecule has 1 aliphatic heterocycles. The maximum Gasteiger partial charge on any atom is 0.472 e. The number of fused-ring (bicyclic) bond motifs is 1. The molecule has 1 unspecified atom stereocenters. The predicted molar refractivity (Wildman–Crippen MR) is 219 cm³/mol. The van der Waals surface area contributed by atoms with Gasteiger partial charge in [-0.3, -0.25) is 9.05 Å². The molecule has 56 heavy (non-hydrogen) atoms. The molecule has 316 valence electrons. The summed E-state index contributed by atoms with van der Waals surface area (Å²) in [7, 11) is -4.67. The lowest BCUT2D eigenvalue weighted by molar-refractivity contribution is -0.0901. The summed E-state index contributed by atoms with van der Waals surface area (Å²) in [6.07, 6.45) is 17.1. The number of benzene rings is 1. The van der Waals surface area contributed by atoms with E-state index in [9.17, 15) is 19.7 Å². The number of anilines is 1. The zero-order chi connectivity index (χ0) is 40.4. The Labute approximate surface area is 342 Å². The van der Waals surface area contributed by atoms with E-state index in [0.29, 0.717) is 27.9 Å². The van der Waals surface area contributed by atoms with Crippen LogP contribution in [-0.2, 0) is 40.0 Å². The summed E-state index contributed by atoms with van der Waals surface area (Å²) in [5.74, 6) is 0.228. The Hall–Kier alpha value is -1.87. The van der Waals surface area contributed by atoms with E-state index < -0.39 is 44.4 Å². The first-order valence-corrected chi connectivity index (χ1v) is 22.6. The summed E-state index contributed by atoms with van der Waals surface area (Å²) in [5, 5.41) is 26.8. The Bertz CT molecular complexity index is 1640. The Morgan fingerprint density at radius 1 is 0.893 bits per heavy atom. The van der Waals surface area contributed by atoms with Crippen molar-refractivity contribution in [1.29, 1.82) is 0 Å². The number of rotatable bonds is 29. The van der Waals surface area contributed by atoms with E-state index in [-0.39, 0.29) is 25.6 Å². The molecule has 1 aromatic carbocycles. The van der Waals surface area contributed by atoms with Crippen LogP contribution >= 0.6 is 31.0 Å². The van der Waals surface area contributed by atoms with Crippen LogP contribution in [0.15, 0.2) is 36.7 Å². The molecule has 0 bridgehead atoms. The highest BCUT2D eigenvalue weighted by Crippen LogP contribution is 2.46. The van der Waals surface area contributed by atoms with E-state index in [1.54, 1.807) is 37.3 Å². The first-order chi connectivity index (χ1) is 26.9. The number of hydrogen-bond donors (Lipinski definition) is 4. The van der Waals surface area contributed by atoms with Crippen molar-refractivity contribution in [2.24, 2.45) is 0 Å². The molecule has 6 atom stereocenters. The molecule has 3 aromatic rings. The Morgan fingerprint density at radius 2 is 1.52 bits per heavy atom. The van der Waals surface area contributed by atoms with Crippen molar-refractivity contribution in [3.8, 4) is 0 Å². The minimum Gasteiger partial charge on any atom is -0.387 e. The highest BCUT2D eigenvalue weighted by molar-refractivity contribution is 7.47. The standard InChI is InChI=1S/C40H63Cl2N4O9P/c1-3-4-5-6-7-8-9-10-11-12-13-14-15-16-17-18-23-51-26-31(52-25-30-19-20-32(41)33(42)24-30)27-53-56(49,50)54-28-35-37(47)38(48)40(2,55-35)36-22-21-34-39(43)44-29-45-46(34)36/h19-22,24,29,31,35,37-38,47-48H,3-18,23,25-28H2,1-2H3,(H,49,50)(H2,43,44,45)/t31-,35-,37-,38-,40+/m1/s1. The Balaban J connectivity index is 1.16. The van der Waals surface area contributed by atoms with Gasteiger partial charge in [0.2, 0.25) is 0 Å². The number of aliphatic hydroxyl groups excluding tert-OH is 2. The molecule has 0 aliphatic carbocycles. The maximum atomic E-state index is 13.0. The molecule has 5 N–H and O–H groups in total. The van der Waals surface area contributed by atoms with Gasteiger partial charge in [0.1, 0.15) is 41.9 Å². The van der Waals surface area contributed by atoms with Gasteiger partial charge >= 0.3 is 7.82 Å². The number of unbranched alkanes of at least 4 members (excludes halogenated alkanes) is 15. The van der Waals surface area contributed by atoms with Gasteiger partial charge in [-0.25, -0.2) is 14.1 Å². The average molecular weight is 846 g/mol. The largest absolute Gasteiger partial charge is 0.472 e. The van der Waals surface area contributed by atoms with Gasteiger partial charge in [0.25, 0.3) is 0 Å². The van der Waals surface area contributed by atoms with Crippen molar-refractivity contribution in [3.05, 3.63) is 58.0 Å². The second-order valence-electron chi connectivity index (χ2n) is 15.0. The van der Waals surface area contributed by atoms with Crippen LogP contribution < -0.4 is 5.73 Å². The van der Waals surface area contributed by atoms with Crippen LogP contribution in [0.1, 0.15) is 128 Å². The lowest BCUT2D eigenvalue weighted by Crippen LogP contribution is -2.39. The van der Waals surface area contributed by atoms with E-state index in [2.05, 4.69) is 17.0 Å². The average Bonchev–Trinajstić information content (AvgIpc) is 3.72. The summed E-state index contributed by atoms with van der Waals surface area (Å²) in [4.78, 5) is 14.6. The summed E-state index contributed by atoms with van der Waals surface area (Å²) in [6, 6.07) is 8.45. The number of nitrogens with zero attached hydrogens (tertiary/aromatic N) is 3. The number of nitrogens with two attached hydrogens (primary N) is 1. The van der Waals surface area contributed by atoms with Gasteiger partial charge < -0.3 is 35.1 Å². The zero-order valence-corrected chi connectivity index (χ0v) is 35.4. The third-order valence-electron chi connectivity index (χ3n) is 10.4. The maximum absolute atomic E-state index is 13.0. The molecule has 1 aliphatic rings. The number of ether oxygens (including phenoxy) is 3. The van der Waals surface area contributed by atoms with Crippen molar-refractivity contribution in [3.63, 3.8) is 0 Å². The van der Waals surface area contributed by atoms with Gasteiger partial charge in [-0.15, -0.1) is 0 Å². The quantitative estimate of drug-likeness (QED) is 0.0386. The Kier molecular flexibility index (Phi) is 20.3. The van der Waals surface area contributed by atoms with Gasteiger partial charge in [0.05, 0.1) is 42.2 Å². The molecule has 0 amide bonds. The van der Waals surface area contributed by atoms with Gasteiger partial charge in [0, 0.05) is 6.61 Å². The lowest BCUT2D eigenvalue weighted by atomic mass is 9.93. The molecule has 16 heteroatoms. The molecule has 4 rings (SSSR count). The summed E-state index contributed by atoms with van der Waals surface area (Å²) in [6.45, 7) is 3.74. The number of halogens is 2. The van der Waals surface area contributed by atoms with E-state index in [0.717, 1.165) is 24.8 Å². The van der Waals surface area contributed by atoms with Crippen molar-refractivity contribution in [2.75, 3.05) is 32.2 Å². The van der Waals surface area contributed by atoms with Crippen LogP contribution in [-0.4, -0.2) is 80.5 Å². The fraction of sp³-hybridized carbons (Fsp3) is 0.700. The second kappa shape index (κ2) is 24.3. The zero-order valence-electron chi connectivity index (χ0n) is 33.0. The number of aliphatic hydroxyl groups is 2. The lowest BCUT2D eigenvalue weighted by Gasteiger charge is -2.27. The normalized spacial score (nSPS) is 21.5. The SMILES string of the molecule is CCCCCCCCCCCCCCCCCCOC[C@H](COP(=O)(O)OC[C@H]1O[C@@](C)(c2ccc3c(N)ncnn23)[C@H](O)[C@@H]1O)OCc1ccc(Cl)c(Cl)c1. The fourth-order valence-electron chi connectivity index (χ4n) is 6.99. The minimum atomic E-state index is -4.67. The van der Waals surface area contributed by atoms with Crippen molar-refractivity contribution < 1.29 is 42.9 Å². The van der Waals surface area contributed by atoms with E-state index in [1.807, 2.05) is 0 Å². The summed E-state index contributed by atoms with van der Waals surface area (Å²) in [5.41, 5.74) is 6.15. The fourth-order valence-corrected chi connectivity index (χ4v) is 8.08. The number of phosphoric ester groups is 1. The van der Waals surface area contributed by atoms with E-state index in [1.165, 1.54) is 94.3 Å². The van der Waals surface area contributed by atoms with E-state index >= 15 is 0 Å². The minimum absolute atomic E-state index is 0.119. The first kappa shape index (κ1) is 46.8. The van der Waals surface area contributed by atoms with Gasteiger partial charge in [0.15, 0.2) is 5.82 Å². The topological polar surface area (TPSA) is 180 Å². The van der Waals surface area contributed by atoms with Gasteiger partial charge in [-0.2, -0.15) is 5.10 Å². The van der Waals surface area contributed by atoms with Crippen LogP contribution in [0.3, 0.4) is 0 Å². The van der Waals surface area contributed by atoms with E-state index in [4.69, 9.17) is 52.2 Å². The van der Waals surface area contributed by atoms with Crippen LogP contribution in [0, 0.1) is 0 Å². The molecule has 2 aromatic heterocycles. The molecule has 0 spiro atoms. The molecule has 0 radical (unpaired) electrons. The molecular weight excluding hydrogens is 782 g/mol. The molecule has 1 saturated heterocycles. The van der Waals surface area contributed by atoms with Crippen molar-refractivity contribution in [1.82, 2.24) is 14.6 Å². The molecule has 3 heterocycles. The predicted octanol–water partition coefficient (Wildman–Crippen LogP) is 8.95. The van der Waals surface area contributed by atoms with Gasteiger partial charge in [-0.1, -0.05) is 133 Å². The van der Waals surface area contributed by atoms with Crippen molar-refractivity contribution >= 4 is 42.4 Å². The third kappa shape index (κ3) is 14.7. The van der Waals surface area contributed by atoms with Crippen LogP contribution in [0.25, 0.3) is 5.52 Å². The molecular formula is C40H63Cl2N4O9P. The highest BCUT2D eigenvalue weighted by Gasteiger charge is 2.54. The third-order valence-corrected chi connectivity index (χ3v) is 12.1. The molecule has 0 saturated carbocycles. The number of phosphoric acid groups is 1. The molecule has 1 fully saturated rings. The summed E-state index contributed by atoms with van der Waals surface area (Å²) < 4.78 is 43.0. The highest BCUT2D eigenvalue weighted by atomic mass is 35.5. The molecule has 13 nitrogen and oxygen atoms in total. The second-order valence-corrected chi connectivity index (χ2v) is 17.2.